The van der Waals surface area contributed by atoms with Gasteiger partial charge in [-0.05, 0) is 37.0 Å². The Morgan fingerprint density at radius 2 is 2.32 bits per heavy atom. The Bertz CT molecular complexity index is 461. The highest BCUT2D eigenvalue weighted by Crippen LogP contribution is 2.19. The van der Waals surface area contributed by atoms with Crippen LogP contribution in [0.5, 0.6) is 0 Å². The van der Waals surface area contributed by atoms with Crippen LogP contribution in [-0.2, 0) is 11.2 Å². The third-order valence-electron chi connectivity index (χ3n) is 3.75. The molecule has 1 N–H and O–H groups in total. The van der Waals surface area contributed by atoms with Crippen molar-refractivity contribution in [1.82, 2.24) is 4.90 Å². The number of likely N-dealkylation sites (tertiary alicyclic amines) is 1. The SMILES string of the molecule is Cc1cc(CCC(=O)N2CCC(CO)C2)ccc1Br. The van der Waals surface area contributed by atoms with Crippen molar-refractivity contribution in [3.05, 3.63) is 33.8 Å². The summed E-state index contributed by atoms with van der Waals surface area (Å²) in [6.45, 7) is 3.76. The van der Waals surface area contributed by atoms with Gasteiger partial charge in [0.05, 0.1) is 0 Å². The molecule has 0 aliphatic carbocycles. The van der Waals surface area contributed by atoms with Gasteiger partial charge in [-0.2, -0.15) is 0 Å². The van der Waals surface area contributed by atoms with Gasteiger partial charge in [0.15, 0.2) is 0 Å². The number of carbonyl (C=O) groups is 1. The van der Waals surface area contributed by atoms with E-state index in [1.165, 1.54) is 11.1 Å². The second-order valence-corrected chi connectivity index (χ2v) is 6.11. The highest BCUT2D eigenvalue weighted by molar-refractivity contribution is 9.10. The van der Waals surface area contributed by atoms with Gasteiger partial charge in [0.1, 0.15) is 0 Å². The van der Waals surface area contributed by atoms with Gasteiger partial charge in [-0.15, -0.1) is 0 Å². The van der Waals surface area contributed by atoms with Crippen molar-refractivity contribution in [2.45, 2.75) is 26.2 Å². The third-order valence-corrected chi connectivity index (χ3v) is 4.64. The van der Waals surface area contributed by atoms with Gasteiger partial charge in [-0.25, -0.2) is 0 Å². The van der Waals surface area contributed by atoms with E-state index in [4.69, 9.17) is 5.11 Å². The predicted octanol–water partition coefficient (Wildman–Crippen LogP) is 2.53. The van der Waals surface area contributed by atoms with E-state index in [1.807, 2.05) is 11.0 Å². The molecule has 0 bridgehead atoms. The minimum Gasteiger partial charge on any atom is -0.396 e. The van der Waals surface area contributed by atoms with Crippen molar-refractivity contribution in [2.24, 2.45) is 5.92 Å². The Kier molecular flexibility index (Phi) is 4.99. The number of nitrogens with zero attached hydrogens (tertiary/aromatic N) is 1. The van der Waals surface area contributed by atoms with Crippen LogP contribution in [0.2, 0.25) is 0 Å². The fourth-order valence-electron chi connectivity index (χ4n) is 2.48. The summed E-state index contributed by atoms with van der Waals surface area (Å²) < 4.78 is 1.10. The van der Waals surface area contributed by atoms with E-state index in [1.54, 1.807) is 0 Å². The van der Waals surface area contributed by atoms with Crippen molar-refractivity contribution >= 4 is 21.8 Å². The zero-order valence-electron chi connectivity index (χ0n) is 11.2. The van der Waals surface area contributed by atoms with Crippen LogP contribution in [0.4, 0.5) is 0 Å². The molecule has 4 heteroatoms. The number of aryl methyl sites for hydroxylation is 2. The molecule has 1 aliphatic rings. The summed E-state index contributed by atoms with van der Waals surface area (Å²) >= 11 is 3.48. The molecule has 1 heterocycles. The molecule has 1 unspecified atom stereocenters. The van der Waals surface area contributed by atoms with Gasteiger partial charge in [-0.3, -0.25) is 4.79 Å². The first-order chi connectivity index (χ1) is 9.10. The normalized spacial score (nSPS) is 18.9. The van der Waals surface area contributed by atoms with Crippen LogP contribution in [-0.4, -0.2) is 35.6 Å². The average molecular weight is 326 g/mol. The zero-order valence-corrected chi connectivity index (χ0v) is 12.8. The average Bonchev–Trinajstić information content (AvgIpc) is 2.88. The summed E-state index contributed by atoms with van der Waals surface area (Å²) in [5.41, 5.74) is 2.40. The van der Waals surface area contributed by atoms with Crippen molar-refractivity contribution in [3.8, 4) is 0 Å². The lowest BCUT2D eigenvalue weighted by atomic mass is 10.1. The Morgan fingerprint density at radius 3 is 2.95 bits per heavy atom. The molecule has 19 heavy (non-hydrogen) atoms. The van der Waals surface area contributed by atoms with E-state index in [0.717, 1.165) is 23.9 Å². The summed E-state index contributed by atoms with van der Waals surface area (Å²) in [4.78, 5) is 13.9. The summed E-state index contributed by atoms with van der Waals surface area (Å²) in [5.74, 6) is 0.482. The summed E-state index contributed by atoms with van der Waals surface area (Å²) in [7, 11) is 0. The molecule has 1 atom stereocenters. The van der Waals surface area contributed by atoms with Crippen LogP contribution in [0.3, 0.4) is 0 Å². The number of benzene rings is 1. The number of carbonyl (C=O) groups excluding carboxylic acids is 1. The van der Waals surface area contributed by atoms with Gasteiger partial charge in [0.25, 0.3) is 0 Å². The number of rotatable bonds is 4. The van der Waals surface area contributed by atoms with Crippen molar-refractivity contribution in [1.29, 1.82) is 0 Å². The Balaban J connectivity index is 1.85. The molecule has 1 aromatic rings. The third kappa shape index (κ3) is 3.80. The smallest absolute Gasteiger partial charge is 0.222 e. The minimum atomic E-state index is 0.190. The lowest BCUT2D eigenvalue weighted by molar-refractivity contribution is -0.130. The number of aliphatic hydroxyl groups excluding tert-OH is 1. The summed E-state index contributed by atoms with van der Waals surface area (Å²) in [5, 5.41) is 9.09. The molecular formula is C15H20BrNO2. The van der Waals surface area contributed by atoms with Gasteiger partial charge in [0.2, 0.25) is 5.91 Å². The Morgan fingerprint density at radius 1 is 1.53 bits per heavy atom. The van der Waals surface area contributed by atoms with E-state index < -0.39 is 0 Å². The zero-order chi connectivity index (χ0) is 13.8. The maximum Gasteiger partial charge on any atom is 0.222 e. The second kappa shape index (κ2) is 6.53. The van der Waals surface area contributed by atoms with E-state index in [-0.39, 0.29) is 18.4 Å². The van der Waals surface area contributed by atoms with Crippen molar-refractivity contribution < 1.29 is 9.90 Å². The quantitative estimate of drug-likeness (QED) is 0.924. The van der Waals surface area contributed by atoms with Crippen LogP contribution in [0.15, 0.2) is 22.7 Å². The van der Waals surface area contributed by atoms with Gasteiger partial charge >= 0.3 is 0 Å². The van der Waals surface area contributed by atoms with E-state index >= 15 is 0 Å². The van der Waals surface area contributed by atoms with Gasteiger partial charge < -0.3 is 10.0 Å². The van der Waals surface area contributed by atoms with Crippen molar-refractivity contribution in [2.75, 3.05) is 19.7 Å². The second-order valence-electron chi connectivity index (χ2n) is 5.26. The minimum absolute atomic E-state index is 0.190. The monoisotopic (exact) mass is 325 g/mol. The predicted molar refractivity (Wildman–Crippen MR) is 79.0 cm³/mol. The highest BCUT2D eigenvalue weighted by Gasteiger charge is 2.25. The molecule has 0 saturated carbocycles. The van der Waals surface area contributed by atoms with Crippen molar-refractivity contribution in [3.63, 3.8) is 0 Å². The molecule has 2 rings (SSSR count). The number of amides is 1. The molecule has 0 spiro atoms. The maximum absolute atomic E-state index is 12.1. The fraction of sp³-hybridized carbons (Fsp3) is 0.533. The summed E-state index contributed by atoms with van der Waals surface area (Å²) in [6, 6.07) is 6.22. The molecule has 1 aromatic carbocycles. The molecular weight excluding hydrogens is 306 g/mol. The Labute approximate surface area is 122 Å². The maximum atomic E-state index is 12.1. The largest absolute Gasteiger partial charge is 0.396 e. The highest BCUT2D eigenvalue weighted by atomic mass is 79.9. The molecule has 104 valence electrons. The summed E-state index contributed by atoms with van der Waals surface area (Å²) in [6.07, 6.45) is 2.27. The Hall–Kier alpha value is -0.870. The topological polar surface area (TPSA) is 40.5 Å². The number of hydrogen-bond donors (Lipinski definition) is 1. The van der Waals surface area contributed by atoms with E-state index in [0.29, 0.717) is 13.0 Å². The molecule has 3 nitrogen and oxygen atoms in total. The first-order valence-corrected chi connectivity index (χ1v) is 7.53. The van der Waals surface area contributed by atoms with Gasteiger partial charge in [0, 0.05) is 36.5 Å². The van der Waals surface area contributed by atoms with E-state index in [2.05, 4.69) is 35.0 Å². The lowest BCUT2D eigenvalue weighted by Crippen LogP contribution is -2.29. The number of aliphatic hydroxyl groups is 1. The molecule has 1 amide bonds. The van der Waals surface area contributed by atoms with Crippen LogP contribution in [0.25, 0.3) is 0 Å². The van der Waals surface area contributed by atoms with Gasteiger partial charge in [-0.1, -0.05) is 28.1 Å². The van der Waals surface area contributed by atoms with Crippen LogP contribution in [0.1, 0.15) is 24.0 Å². The first kappa shape index (κ1) is 14.5. The molecule has 1 fully saturated rings. The number of hydrogen-bond acceptors (Lipinski definition) is 2. The molecule has 1 aliphatic heterocycles. The number of halogens is 1. The molecule has 1 saturated heterocycles. The lowest BCUT2D eigenvalue weighted by Gasteiger charge is -2.16. The van der Waals surface area contributed by atoms with Crippen LogP contribution >= 0.6 is 15.9 Å². The van der Waals surface area contributed by atoms with E-state index in [9.17, 15) is 4.79 Å². The standard InChI is InChI=1S/C15H20BrNO2/c1-11-8-12(2-4-14(11)16)3-5-15(19)17-7-6-13(9-17)10-18/h2,4,8,13,18H,3,5-7,9-10H2,1H3. The van der Waals surface area contributed by atoms with Crippen LogP contribution < -0.4 is 0 Å². The first-order valence-electron chi connectivity index (χ1n) is 6.74. The molecule has 0 aromatic heterocycles. The fourth-order valence-corrected chi connectivity index (χ4v) is 2.73. The molecule has 0 radical (unpaired) electrons. The van der Waals surface area contributed by atoms with Crippen LogP contribution in [0, 0.1) is 12.8 Å².